The van der Waals surface area contributed by atoms with Crippen molar-refractivity contribution in [3.63, 3.8) is 0 Å². The minimum Gasteiger partial charge on any atom is -0.496 e. The van der Waals surface area contributed by atoms with Crippen molar-refractivity contribution in [2.75, 3.05) is 13.7 Å². The minimum atomic E-state index is -0.809. The smallest absolute Gasteiger partial charge is 0.338 e. The highest BCUT2D eigenvalue weighted by atomic mass is 79.9. The maximum absolute atomic E-state index is 14.2. The third-order valence-electron chi connectivity index (χ3n) is 6.84. The number of fused-ring (bicyclic) bond motifs is 2. The van der Waals surface area contributed by atoms with Crippen molar-refractivity contribution in [2.45, 2.75) is 29.9 Å². The zero-order chi connectivity index (χ0) is 29.4. The lowest BCUT2D eigenvalue weighted by Gasteiger charge is -2.27. The number of benzene rings is 3. The van der Waals surface area contributed by atoms with E-state index in [1.54, 1.807) is 31.6 Å². The molecule has 3 heterocycles. The van der Waals surface area contributed by atoms with Crippen molar-refractivity contribution >= 4 is 61.8 Å². The third kappa shape index (κ3) is 5.14. The number of methoxy groups -OCH3 is 1. The van der Waals surface area contributed by atoms with Crippen LogP contribution in [0.4, 0.5) is 0 Å². The van der Waals surface area contributed by atoms with E-state index in [-0.39, 0.29) is 12.2 Å². The number of esters is 1. The number of rotatable bonds is 7. The predicted octanol–water partition coefficient (Wildman–Crippen LogP) is 6.47. The van der Waals surface area contributed by atoms with Gasteiger partial charge in [0.25, 0.3) is 5.56 Å². The lowest BCUT2D eigenvalue weighted by atomic mass is 9.90. The average molecular weight is 662 g/mol. The van der Waals surface area contributed by atoms with Gasteiger partial charge in [0.05, 0.1) is 34.0 Å². The van der Waals surface area contributed by atoms with Crippen LogP contribution in [0.2, 0.25) is 0 Å². The quantitative estimate of drug-likeness (QED) is 0.186. The van der Waals surface area contributed by atoms with Crippen LogP contribution in [0.5, 0.6) is 5.75 Å². The summed E-state index contributed by atoms with van der Waals surface area (Å²) in [6.07, 6.45) is 1.71. The number of thiazole rings is 1. The molecule has 1 aliphatic rings. The molecule has 42 heavy (non-hydrogen) atoms. The molecule has 10 heteroatoms. The Kier molecular flexibility index (Phi) is 7.94. The molecule has 0 fully saturated rings. The second-order valence-corrected chi connectivity index (χ2v) is 12.3. The van der Waals surface area contributed by atoms with Gasteiger partial charge < -0.3 is 13.9 Å². The van der Waals surface area contributed by atoms with Crippen LogP contribution in [0.3, 0.4) is 0 Å². The molecular weight excluding hydrogens is 636 g/mol. The zero-order valence-corrected chi connectivity index (χ0v) is 26.1. The van der Waals surface area contributed by atoms with Crippen LogP contribution in [0.25, 0.3) is 16.8 Å². The second-order valence-electron chi connectivity index (χ2n) is 9.40. The van der Waals surface area contributed by atoms with E-state index in [9.17, 15) is 9.59 Å². The summed E-state index contributed by atoms with van der Waals surface area (Å²) in [5.74, 6) is 0.555. The Labute approximate surface area is 257 Å². The van der Waals surface area contributed by atoms with Crippen molar-refractivity contribution in [2.24, 2.45) is 4.99 Å². The number of aromatic nitrogens is 1. The van der Waals surface area contributed by atoms with Crippen LogP contribution >= 0.6 is 39.0 Å². The summed E-state index contributed by atoms with van der Waals surface area (Å²) in [4.78, 5) is 33.8. The number of hydrogen-bond donors (Lipinski definition) is 0. The standard InChI is InChI=1S/C32H25BrN2O5S2/c1-4-39-30(37)26-18(2)34-32-35(28(26)27-22-13-9-8-10-19(22)14-15-24(27)38-3)29(36)25(42-32)17-20-16-23(33)31(40-20)41-21-11-6-5-7-12-21/h5-17,28H,4H2,1-3H3/b25-17+/t28-/m1/s1. The van der Waals surface area contributed by atoms with Gasteiger partial charge in [-0.15, -0.1) is 0 Å². The molecule has 0 N–H and O–H groups in total. The topological polar surface area (TPSA) is 83.0 Å². The molecule has 0 amide bonds. The highest BCUT2D eigenvalue weighted by Gasteiger charge is 2.36. The van der Waals surface area contributed by atoms with Gasteiger partial charge in [-0.25, -0.2) is 9.79 Å². The van der Waals surface area contributed by atoms with E-state index in [0.29, 0.717) is 42.8 Å². The van der Waals surface area contributed by atoms with Crippen LogP contribution in [0, 0.1) is 0 Å². The number of allylic oxidation sites excluding steroid dienone is 1. The molecule has 212 valence electrons. The maximum atomic E-state index is 14.2. The molecule has 0 aliphatic carbocycles. The lowest BCUT2D eigenvalue weighted by molar-refractivity contribution is -0.139. The molecule has 0 bridgehead atoms. The Bertz CT molecular complexity index is 2040. The summed E-state index contributed by atoms with van der Waals surface area (Å²) in [5, 5.41) is 2.50. The largest absolute Gasteiger partial charge is 0.496 e. The van der Waals surface area contributed by atoms with Gasteiger partial charge in [0.15, 0.2) is 9.89 Å². The van der Waals surface area contributed by atoms with Gasteiger partial charge in [0.2, 0.25) is 0 Å². The first-order chi connectivity index (χ1) is 20.4. The molecular formula is C32H25BrN2O5S2. The van der Waals surface area contributed by atoms with Crippen LogP contribution in [-0.2, 0) is 9.53 Å². The van der Waals surface area contributed by atoms with E-state index < -0.39 is 12.0 Å². The number of carbonyl (C=O) groups excluding carboxylic acids is 1. The number of hydrogen-bond acceptors (Lipinski definition) is 8. The van der Waals surface area contributed by atoms with Crippen LogP contribution < -0.4 is 19.6 Å². The van der Waals surface area contributed by atoms with Crippen molar-refractivity contribution in [3.8, 4) is 5.75 Å². The number of ether oxygens (including phenoxy) is 2. The SMILES string of the molecule is CCOC(=O)C1=C(C)N=c2s/c(=C/c3cc(Br)c(Sc4ccccc4)o3)c(=O)n2[C@H]1c1c(OC)ccc2ccccc12. The van der Waals surface area contributed by atoms with Crippen molar-refractivity contribution in [1.82, 2.24) is 4.57 Å². The Morgan fingerprint density at radius 2 is 1.90 bits per heavy atom. The van der Waals surface area contributed by atoms with Gasteiger partial charge >= 0.3 is 5.97 Å². The lowest BCUT2D eigenvalue weighted by Crippen LogP contribution is -2.40. The van der Waals surface area contributed by atoms with Gasteiger partial charge in [0, 0.05) is 16.5 Å². The monoisotopic (exact) mass is 660 g/mol. The van der Waals surface area contributed by atoms with Crippen molar-refractivity contribution in [1.29, 1.82) is 0 Å². The predicted molar refractivity (Wildman–Crippen MR) is 168 cm³/mol. The molecule has 7 nitrogen and oxygen atoms in total. The summed E-state index contributed by atoms with van der Waals surface area (Å²) in [7, 11) is 1.58. The van der Waals surface area contributed by atoms with Gasteiger partial charge in [0.1, 0.15) is 17.6 Å². The van der Waals surface area contributed by atoms with Crippen LogP contribution in [0.15, 0.2) is 113 Å². The fourth-order valence-electron chi connectivity index (χ4n) is 5.03. The first-order valence-corrected chi connectivity index (χ1v) is 15.6. The highest BCUT2D eigenvalue weighted by Crippen LogP contribution is 2.40. The van der Waals surface area contributed by atoms with E-state index in [1.165, 1.54) is 23.1 Å². The first kappa shape index (κ1) is 28.3. The molecule has 0 spiro atoms. The van der Waals surface area contributed by atoms with E-state index in [0.717, 1.165) is 20.1 Å². The molecule has 1 atom stereocenters. The summed E-state index contributed by atoms with van der Waals surface area (Å²) >= 11 is 6.31. The molecule has 3 aromatic carbocycles. The molecule has 0 radical (unpaired) electrons. The summed E-state index contributed by atoms with van der Waals surface area (Å²) in [6, 6.07) is 22.6. The van der Waals surface area contributed by atoms with E-state index in [2.05, 4.69) is 15.9 Å². The molecule has 0 unspecified atom stereocenters. The fraction of sp³-hybridized carbons (Fsp3) is 0.156. The average Bonchev–Trinajstić information content (AvgIpc) is 3.49. The van der Waals surface area contributed by atoms with Gasteiger partial charge in [-0.2, -0.15) is 0 Å². The van der Waals surface area contributed by atoms with Gasteiger partial charge in [-0.3, -0.25) is 9.36 Å². The number of furan rings is 1. The van der Waals surface area contributed by atoms with Gasteiger partial charge in [-0.05, 0) is 64.8 Å². The van der Waals surface area contributed by atoms with Crippen molar-refractivity contribution in [3.05, 3.63) is 120 Å². The zero-order valence-electron chi connectivity index (χ0n) is 22.9. The van der Waals surface area contributed by atoms with E-state index in [1.807, 2.05) is 72.8 Å². The molecule has 1 aliphatic heterocycles. The second kappa shape index (κ2) is 11.8. The normalized spacial score (nSPS) is 15.0. The number of halogens is 1. The number of carbonyl (C=O) groups is 1. The Hall–Kier alpha value is -3.86. The first-order valence-electron chi connectivity index (χ1n) is 13.2. The Morgan fingerprint density at radius 1 is 1.14 bits per heavy atom. The maximum Gasteiger partial charge on any atom is 0.338 e. The summed E-state index contributed by atoms with van der Waals surface area (Å²) in [6.45, 7) is 3.71. The molecule has 5 aromatic rings. The summed E-state index contributed by atoms with van der Waals surface area (Å²) in [5.41, 5.74) is 1.19. The van der Waals surface area contributed by atoms with E-state index >= 15 is 0 Å². The summed E-state index contributed by atoms with van der Waals surface area (Å²) < 4.78 is 20.2. The minimum absolute atomic E-state index is 0.191. The van der Waals surface area contributed by atoms with E-state index in [4.69, 9.17) is 18.9 Å². The molecule has 0 saturated heterocycles. The molecule has 0 saturated carbocycles. The van der Waals surface area contributed by atoms with Crippen molar-refractivity contribution < 1.29 is 18.7 Å². The van der Waals surface area contributed by atoms with Gasteiger partial charge in [-0.1, -0.05) is 71.6 Å². The Balaban J connectivity index is 1.55. The molecule has 6 rings (SSSR count). The van der Waals surface area contributed by atoms with Crippen LogP contribution in [0.1, 0.15) is 31.2 Å². The number of nitrogens with zero attached hydrogens (tertiary/aromatic N) is 2. The third-order valence-corrected chi connectivity index (χ3v) is 9.67. The van der Waals surface area contributed by atoms with Crippen LogP contribution in [-0.4, -0.2) is 24.3 Å². The molecule has 2 aromatic heterocycles. The fourth-order valence-corrected chi connectivity index (χ4v) is 7.41. The highest BCUT2D eigenvalue weighted by molar-refractivity contribution is 9.10. The Morgan fingerprint density at radius 3 is 2.67 bits per heavy atom.